The smallest absolute Gasteiger partial charge is 0.380 e. The molecule has 1 saturated carbocycles. The van der Waals surface area contributed by atoms with Crippen LogP contribution < -0.4 is 4.90 Å². The van der Waals surface area contributed by atoms with Crippen molar-refractivity contribution in [2.75, 3.05) is 50.0 Å². The van der Waals surface area contributed by atoms with Gasteiger partial charge in [0.25, 0.3) is 0 Å². The normalized spacial score (nSPS) is 26.7. The fourth-order valence-electron chi connectivity index (χ4n) is 4.94. The van der Waals surface area contributed by atoms with Gasteiger partial charge in [-0.1, -0.05) is 0 Å². The van der Waals surface area contributed by atoms with Gasteiger partial charge in [0.2, 0.25) is 10.0 Å². The van der Waals surface area contributed by atoms with Crippen LogP contribution >= 0.6 is 0 Å². The molecular formula is C22H28F3N3O3S. The van der Waals surface area contributed by atoms with Gasteiger partial charge in [0.15, 0.2) is 0 Å². The molecule has 10 heteroatoms. The van der Waals surface area contributed by atoms with E-state index in [1.54, 1.807) is 19.1 Å². The van der Waals surface area contributed by atoms with Crippen LogP contribution in [-0.4, -0.2) is 57.9 Å². The first kappa shape index (κ1) is 23.3. The highest BCUT2D eigenvalue weighted by atomic mass is 32.2. The first-order valence-corrected chi connectivity index (χ1v) is 12.6. The maximum absolute atomic E-state index is 13.5. The lowest BCUT2D eigenvalue weighted by Gasteiger charge is -2.43. The van der Waals surface area contributed by atoms with Gasteiger partial charge in [-0.05, 0) is 56.2 Å². The lowest BCUT2D eigenvalue weighted by molar-refractivity contribution is -0.137. The van der Waals surface area contributed by atoms with Crippen LogP contribution in [0.3, 0.4) is 0 Å². The van der Waals surface area contributed by atoms with Gasteiger partial charge in [-0.2, -0.15) is 18.4 Å². The maximum atomic E-state index is 13.5. The zero-order valence-corrected chi connectivity index (χ0v) is 18.9. The van der Waals surface area contributed by atoms with Crippen LogP contribution in [0.15, 0.2) is 18.2 Å². The standard InChI is InChI=1S/C22H28F3N3O3S/c1-2-32(29,30)28-8-7-18-11-27(13-21(18,14-28)15-31-12-16-3-4-16)19-6-5-17(10-26)20(9-19)22(23,24)25/h5-6,9,16,18H,2-4,7-8,11-15H2,1H3/t18-,21-/m0/s1. The highest BCUT2D eigenvalue weighted by molar-refractivity contribution is 7.89. The van der Waals surface area contributed by atoms with E-state index in [0.717, 1.165) is 18.9 Å². The number of nitrogens with zero attached hydrogens (tertiary/aromatic N) is 3. The third-order valence-electron chi connectivity index (χ3n) is 7.02. The molecule has 4 rings (SSSR count). The van der Waals surface area contributed by atoms with Gasteiger partial charge in [-0.15, -0.1) is 0 Å². The third kappa shape index (κ3) is 4.61. The van der Waals surface area contributed by atoms with Crippen LogP contribution in [0.2, 0.25) is 0 Å². The number of halogens is 3. The van der Waals surface area contributed by atoms with Gasteiger partial charge in [-0.3, -0.25) is 0 Å². The van der Waals surface area contributed by atoms with Crippen LogP contribution in [0.1, 0.15) is 37.3 Å². The molecule has 0 unspecified atom stereocenters. The zero-order chi connectivity index (χ0) is 23.1. The molecule has 6 nitrogen and oxygen atoms in total. The lowest BCUT2D eigenvalue weighted by Crippen LogP contribution is -2.53. The topological polar surface area (TPSA) is 73.6 Å². The molecule has 1 aliphatic carbocycles. The molecule has 2 heterocycles. The summed E-state index contributed by atoms with van der Waals surface area (Å²) in [6.07, 6.45) is -1.69. The van der Waals surface area contributed by atoms with Crippen LogP contribution in [0, 0.1) is 28.6 Å². The van der Waals surface area contributed by atoms with Gasteiger partial charge < -0.3 is 9.64 Å². The summed E-state index contributed by atoms with van der Waals surface area (Å²) >= 11 is 0. The summed E-state index contributed by atoms with van der Waals surface area (Å²) in [6.45, 7) is 4.34. The number of nitriles is 1. The van der Waals surface area contributed by atoms with Gasteiger partial charge in [0.05, 0.1) is 29.6 Å². The number of ether oxygens (including phenoxy) is 1. The fraction of sp³-hybridized carbons (Fsp3) is 0.682. The lowest BCUT2D eigenvalue weighted by atomic mass is 9.74. The van der Waals surface area contributed by atoms with Crippen LogP contribution in [-0.2, 0) is 20.9 Å². The van der Waals surface area contributed by atoms with Crippen molar-refractivity contribution in [2.24, 2.45) is 17.3 Å². The van der Waals surface area contributed by atoms with Crippen molar-refractivity contribution in [1.29, 1.82) is 5.26 Å². The van der Waals surface area contributed by atoms with Crippen LogP contribution in [0.5, 0.6) is 0 Å². The Bertz CT molecular complexity index is 1000. The first-order chi connectivity index (χ1) is 15.1. The Hall–Kier alpha value is -1.83. The van der Waals surface area contributed by atoms with E-state index < -0.39 is 32.7 Å². The molecule has 1 aromatic carbocycles. The average Bonchev–Trinajstić information content (AvgIpc) is 3.50. The molecule has 0 radical (unpaired) electrons. The zero-order valence-electron chi connectivity index (χ0n) is 18.1. The second kappa shape index (κ2) is 8.50. The quantitative estimate of drug-likeness (QED) is 0.609. The Kier molecular flexibility index (Phi) is 6.20. The Labute approximate surface area is 187 Å². The summed E-state index contributed by atoms with van der Waals surface area (Å²) in [5.74, 6) is 0.703. The largest absolute Gasteiger partial charge is 0.417 e. The maximum Gasteiger partial charge on any atom is 0.417 e. The minimum absolute atomic E-state index is 0.0188. The number of piperidine rings is 1. The molecule has 2 saturated heterocycles. The molecule has 3 fully saturated rings. The predicted octanol–water partition coefficient (Wildman–Crippen LogP) is 3.48. The molecule has 176 valence electrons. The van der Waals surface area contributed by atoms with E-state index in [-0.39, 0.29) is 11.7 Å². The summed E-state index contributed by atoms with van der Waals surface area (Å²) in [7, 11) is -3.37. The molecule has 1 aromatic rings. The van der Waals surface area contributed by atoms with Crippen molar-refractivity contribution < 1.29 is 26.3 Å². The van der Waals surface area contributed by atoms with Crippen molar-refractivity contribution in [3.8, 4) is 6.07 Å². The predicted molar refractivity (Wildman–Crippen MR) is 113 cm³/mol. The van der Waals surface area contributed by atoms with Gasteiger partial charge in [-0.25, -0.2) is 12.7 Å². The summed E-state index contributed by atoms with van der Waals surface area (Å²) in [6, 6.07) is 5.41. The van der Waals surface area contributed by atoms with E-state index in [1.807, 2.05) is 4.90 Å². The molecule has 3 aliphatic rings. The minimum Gasteiger partial charge on any atom is -0.380 e. The number of rotatable bonds is 7. The number of alkyl halides is 3. The molecule has 0 spiro atoms. The monoisotopic (exact) mass is 471 g/mol. The molecular weight excluding hydrogens is 443 g/mol. The van der Waals surface area contributed by atoms with Crippen molar-refractivity contribution in [2.45, 2.75) is 32.4 Å². The number of fused-ring (bicyclic) bond motifs is 1. The Morgan fingerprint density at radius 1 is 1.25 bits per heavy atom. The number of anilines is 1. The fourth-order valence-corrected chi connectivity index (χ4v) is 6.14. The SMILES string of the molecule is CCS(=O)(=O)N1CC[C@H]2CN(c3ccc(C#N)c(C(F)(F)F)c3)C[C@@]2(COCC2CC2)C1. The molecule has 2 atom stereocenters. The van der Waals surface area contributed by atoms with Gasteiger partial charge in [0.1, 0.15) is 0 Å². The van der Waals surface area contributed by atoms with Gasteiger partial charge >= 0.3 is 6.18 Å². The minimum atomic E-state index is -4.62. The Morgan fingerprint density at radius 3 is 2.62 bits per heavy atom. The van der Waals surface area contributed by atoms with E-state index in [9.17, 15) is 21.6 Å². The summed E-state index contributed by atoms with van der Waals surface area (Å²) in [5.41, 5.74) is -1.42. The summed E-state index contributed by atoms with van der Waals surface area (Å²) < 4.78 is 73.1. The van der Waals surface area contributed by atoms with Crippen LogP contribution in [0.4, 0.5) is 18.9 Å². The molecule has 0 bridgehead atoms. The first-order valence-electron chi connectivity index (χ1n) is 11.0. The molecule has 0 amide bonds. The molecule has 32 heavy (non-hydrogen) atoms. The van der Waals surface area contributed by atoms with Gasteiger partial charge in [0, 0.05) is 43.9 Å². The second-order valence-corrected chi connectivity index (χ2v) is 11.5. The van der Waals surface area contributed by atoms with Crippen molar-refractivity contribution >= 4 is 15.7 Å². The summed E-state index contributed by atoms with van der Waals surface area (Å²) in [5, 5.41) is 9.08. The summed E-state index contributed by atoms with van der Waals surface area (Å²) in [4.78, 5) is 1.89. The molecule has 2 aliphatic heterocycles. The highest BCUT2D eigenvalue weighted by Crippen LogP contribution is 2.46. The van der Waals surface area contributed by atoms with Crippen molar-refractivity contribution in [3.63, 3.8) is 0 Å². The highest BCUT2D eigenvalue weighted by Gasteiger charge is 2.52. The van der Waals surface area contributed by atoms with E-state index >= 15 is 0 Å². The number of sulfonamides is 1. The average molecular weight is 472 g/mol. The van der Waals surface area contributed by atoms with Crippen molar-refractivity contribution in [3.05, 3.63) is 29.3 Å². The van der Waals surface area contributed by atoms with E-state index in [2.05, 4.69) is 0 Å². The number of benzene rings is 1. The van der Waals surface area contributed by atoms with Crippen LogP contribution in [0.25, 0.3) is 0 Å². The number of hydrogen-bond acceptors (Lipinski definition) is 5. The van der Waals surface area contributed by atoms with E-state index in [1.165, 1.54) is 10.4 Å². The molecule has 0 N–H and O–H groups in total. The molecule has 0 aromatic heterocycles. The third-order valence-corrected chi connectivity index (χ3v) is 8.85. The Balaban J connectivity index is 1.61. The van der Waals surface area contributed by atoms with Crippen molar-refractivity contribution in [1.82, 2.24) is 4.31 Å². The number of hydrogen-bond donors (Lipinski definition) is 0. The van der Waals surface area contributed by atoms with E-state index in [0.29, 0.717) is 57.4 Å². The second-order valence-electron chi connectivity index (χ2n) is 9.26. The Morgan fingerprint density at radius 2 is 2.00 bits per heavy atom. The van der Waals surface area contributed by atoms with E-state index in [4.69, 9.17) is 10.00 Å².